The van der Waals surface area contributed by atoms with E-state index in [9.17, 15) is 10.2 Å². The minimum absolute atomic E-state index is 0.0675. The largest absolute Gasteiger partial charge is 0.396 e. The topological polar surface area (TPSA) is 40.5 Å². The average molecular weight is 375 g/mol. The Labute approximate surface area is 166 Å². The van der Waals surface area contributed by atoms with Crippen LogP contribution in [0.15, 0.2) is 0 Å². The number of aliphatic hydroxyl groups is 2. The van der Waals surface area contributed by atoms with Crippen molar-refractivity contribution < 1.29 is 10.2 Å². The maximum absolute atomic E-state index is 10.5. The molecule has 6 unspecified atom stereocenters. The van der Waals surface area contributed by atoms with Gasteiger partial charge in [-0.3, -0.25) is 0 Å². The van der Waals surface area contributed by atoms with Gasteiger partial charge in [0.1, 0.15) is 0 Å². The number of hydrogen-bond donors (Lipinski definition) is 2. The molecule has 5 rings (SSSR count). The van der Waals surface area contributed by atoms with Crippen molar-refractivity contribution >= 4 is 0 Å². The maximum atomic E-state index is 10.5. The van der Waals surface area contributed by atoms with E-state index in [1.807, 2.05) is 0 Å². The van der Waals surface area contributed by atoms with E-state index in [1.165, 1.54) is 64.2 Å². The fourth-order valence-electron chi connectivity index (χ4n) is 10.2. The maximum Gasteiger partial charge on any atom is 0.0568 e. The monoisotopic (exact) mass is 374 g/mol. The molecule has 5 aliphatic rings. The molecular formula is C25H42O2. The first-order valence-electron chi connectivity index (χ1n) is 12.1. The van der Waals surface area contributed by atoms with Crippen LogP contribution in [0.1, 0.15) is 91.4 Å². The lowest BCUT2D eigenvalue weighted by Crippen LogP contribution is -2.61. The summed E-state index contributed by atoms with van der Waals surface area (Å²) in [4.78, 5) is 0. The summed E-state index contributed by atoms with van der Waals surface area (Å²) in [6.07, 6.45) is 14.4. The SMILES string of the molecule is CC1C(O)CC[C@@]2(C)C1CC[C@@]1(C)C3CC[C@@]4(CO)CCCC4[C@H]3CCC21. The first kappa shape index (κ1) is 18.9. The quantitative estimate of drug-likeness (QED) is 0.644. The van der Waals surface area contributed by atoms with Gasteiger partial charge in [-0.15, -0.1) is 0 Å². The molecule has 0 heterocycles. The van der Waals surface area contributed by atoms with Gasteiger partial charge in [0.2, 0.25) is 0 Å². The molecule has 0 saturated heterocycles. The van der Waals surface area contributed by atoms with E-state index in [2.05, 4.69) is 20.8 Å². The molecule has 0 aromatic heterocycles. The van der Waals surface area contributed by atoms with Crippen molar-refractivity contribution in [2.24, 2.45) is 51.8 Å². The Morgan fingerprint density at radius 2 is 1.48 bits per heavy atom. The molecule has 5 aliphatic carbocycles. The fraction of sp³-hybridized carbons (Fsp3) is 1.00. The summed E-state index contributed by atoms with van der Waals surface area (Å²) in [5.41, 5.74) is 1.23. The highest BCUT2D eigenvalue weighted by Crippen LogP contribution is 2.71. The average Bonchev–Trinajstić information content (AvgIpc) is 3.10. The first-order valence-corrected chi connectivity index (χ1v) is 12.1. The van der Waals surface area contributed by atoms with E-state index in [4.69, 9.17) is 0 Å². The number of fused-ring (bicyclic) bond motifs is 7. The van der Waals surface area contributed by atoms with Gasteiger partial charge in [0.25, 0.3) is 0 Å². The van der Waals surface area contributed by atoms with Crippen LogP contribution < -0.4 is 0 Å². The van der Waals surface area contributed by atoms with Crippen LogP contribution in [0.4, 0.5) is 0 Å². The molecule has 0 bridgehead atoms. The molecule has 0 amide bonds. The zero-order valence-corrected chi connectivity index (χ0v) is 17.9. The molecule has 0 radical (unpaired) electrons. The summed E-state index contributed by atoms with van der Waals surface area (Å²) in [6, 6.07) is 0. The van der Waals surface area contributed by atoms with Crippen molar-refractivity contribution in [3.63, 3.8) is 0 Å². The Bertz CT molecular complexity index is 589. The molecular weight excluding hydrogens is 332 g/mol. The number of aliphatic hydroxyl groups excluding tert-OH is 2. The third kappa shape index (κ3) is 2.38. The zero-order valence-electron chi connectivity index (χ0n) is 17.9. The highest BCUT2D eigenvalue weighted by atomic mass is 16.3. The Balaban J connectivity index is 1.46. The van der Waals surface area contributed by atoms with Gasteiger partial charge in [0.15, 0.2) is 0 Å². The van der Waals surface area contributed by atoms with E-state index in [0.29, 0.717) is 23.4 Å². The Hall–Kier alpha value is -0.0800. The lowest BCUT2D eigenvalue weighted by molar-refractivity contribution is -0.197. The van der Waals surface area contributed by atoms with Crippen molar-refractivity contribution in [1.29, 1.82) is 0 Å². The summed E-state index contributed by atoms with van der Waals surface area (Å²) in [7, 11) is 0. The summed E-state index contributed by atoms with van der Waals surface area (Å²) < 4.78 is 0. The molecule has 0 aliphatic heterocycles. The van der Waals surface area contributed by atoms with Crippen molar-refractivity contribution in [1.82, 2.24) is 0 Å². The predicted octanol–water partition coefficient (Wildman–Crippen LogP) is 5.41. The van der Waals surface area contributed by atoms with Crippen LogP contribution in [0.5, 0.6) is 0 Å². The van der Waals surface area contributed by atoms with Crippen LogP contribution in [0.3, 0.4) is 0 Å². The van der Waals surface area contributed by atoms with Crippen molar-refractivity contribution in [3.05, 3.63) is 0 Å². The van der Waals surface area contributed by atoms with Gasteiger partial charge in [0, 0.05) is 6.61 Å². The molecule has 0 spiro atoms. The second kappa shape index (κ2) is 6.21. The van der Waals surface area contributed by atoms with E-state index in [-0.39, 0.29) is 11.5 Å². The normalized spacial score (nSPS) is 60.1. The van der Waals surface area contributed by atoms with Crippen molar-refractivity contribution in [2.75, 3.05) is 6.61 Å². The van der Waals surface area contributed by atoms with Crippen molar-refractivity contribution in [3.8, 4) is 0 Å². The first-order chi connectivity index (χ1) is 12.9. The molecule has 10 atom stereocenters. The van der Waals surface area contributed by atoms with Crippen LogP contribution in [0.25, 0.3) is 0 Å². The molecule has 2 heteroatoms. The third-order valence-electron chi connectivity index (χ3n) is 11.6. The molecule has 2 N–H and O–H groups in total. The molecule has 0 aromatic carbocycles. The lowest BCUT2D eigenvalue weighted by Gasteiger charge is -2.67. The summed E-state index contributed by atoms with van der Waals surface area (Å²) in [5.74, 6) is 4.62. The molecule has 27 heavy (non-hydrogen) atoms. The highest BCUT2D eigenvalue weighted by Gasteiger charge is 2.64. The fourth-order valence-corrected chi connectivity index (χ4v) is 10.2. The predicted molar refractivity (Wildman–Crippen MR) is 109 cm³/mol. The van der Waals surface area contributed by atoms with Gasteiger partial charge in [-0.05, 0) is 116 Å². The molecule has 0 aromatic rings. The van der Waals surface area contributed by atoms with Crippen molar-refractivity contribution in [2.45, 2.75) is 97.5 Å². The highest BCUT2D eigenvalue weighted by molar-refractivity contribution is 5.13. The van der Waals surface area contributed by atoms with Gasteiger partial charge >= 0.3 is 0 Å². The van der Waals surface area contributed by atoms with Crippen LogP contribution in [0.2, 0.25) is 0 Å². The summed E-state index contributed by atoms with van der Waals surface area (Å²) >= 11 is 0. The Morgan fingerprint density at radius 1 is 0.778 bits per heavy atom. The lowest BCUT2D eigenvalue weighted by atomic mass is 9.37. The van der Waals surface area contributed by atoms with Crippen LogP contribution in [0, 0.1) is 51.8 Å². The second-order valence-electron chi connectivity index (χ2n) is 12.1. The van der Waals surface area contributed by atoms with Crippen LogP contribution in [-0.4, -0.2) is 22.9 Å². The zero-order chi connectivity index (χ0) is 19.0. The van der Waals surface area contributed by atoms with E-state index in [1.54, 1.807) is 0 Å². The van der Waals surface area contributed by atoms with Crippen LogP contribution in [-0.2, 0) is 0 Å². The smallest absolute Gasteiger partial charge is 0.0568 e. The van der Waals surface area contributed by atoms with E-state index in [0.717, 1.165) is 36.0 Å². The number of rotatable bonds is 1. The van der Waals surface area contributed by atoms with Crippen LogP contribution >= 0.6 is 0 Å². The van der Waals surface area contributed by atoms with E-state index >= 15 is 0 Å². The Morgan fingerprint density at radius 3 is 2.26 bits per heavy atom. The molecule has 154 valence electrons. The van der Waals surface area contributed by atoms with Gasteiger partial charge in [0.05, 0.1) is 6.10 Å². The number of hydrogen-bond acceptors (Lipinski definition) is 2. The summed E-state index contributed by atoms with van der Waals surface area (Å²) in [6.45, 7) is 8.05. The van der Waals surface area contributed by atoms with E-state index < -0.39 is 0 Å². The Kier molecular flexibility index (Phi) is 4.35. The molecule has 5 fully saturated rings. The molecule has 2 nitrogen and oxygen atoms in total. The van der Waals surface area contributed by atoms with Gasteiger partial charge in [-0.1, -0.05) is 27.2 Å². The minimum atomic E-state index is -0.0675. The van der Waals surface area contributed by atoms with Gasteiger partial charge in [-0.25, -0.2) is 0 Å². The third-order valence-corrected chi connectivity index (χ3v) is 11.6. The van der Waals surface area contributed by atoms with Gasteiger partial charge in [-0.2, -0.15) is 0 Å². The minimum Gasteiger partial charge on any atom is -0.396 e. The standard InChI is InChI=1S/C25H42O2/c1-16-18-8-12-24(3)19-9-14-25(15-26)11-4-5-20(25)17(19)6-7-22(24)23(18,2)13-10-21(16)27/h16-22,26-27H,4-15H2,1-3H3/t16?,17-,18?,19?,20?,21?,22?,23-,24-,25+/m0/s1. The van der Waals surface area contributed by atoms with Gasteiger partial charge < -0.3 is 10.2 Å². The summed E-state index contributed by atoms with van der Waals surface area (Å²) in [5, 5.41) is 20.8. The molecule has 5 saturated carbocycles. The second-order valence-corrected chi connectivity index (χ2v) is 12.1.